The molecule has 0 aliphatic carbocycles. The first-order valence-electron chi connectivity index (χ1n) is 9.12. The van der Waals surface area contributed by atoms with E-state index in [4.69, 9.17) is 27.9 Å². The SMILES string of the molecule is C=CCn1c(SCC(=O)Nc2cccc(Cl)c2Cl)nnc1[C@@H](C)Oc1ccccc1. The van der Waals surface area contributed by atoms with Gasteiger partial charge in [-0.2, -0.15) is 0 Å². The number of para-hydroxylation sites is 1. The maximum absolute atomic E-state index is 12.4. The van der Waals surface area contributed by atoms with E-state index >= 15 is 0 Å². The summed E-state index contributed by atoms with van der Waals surface area (Å²) >= 11 is 13.4. The van der Waals surface area contributed by atoms with Crippen molar-refractivity contribution in [2.45, 2.75) is 24.7 Å². The van der Waals surface area contributed by atoms with E-state index in [0.717, 1.165) is 5.75 Å². The molecule has 0 saturated heterocycles. The number of thioether (sulfide) groups is 1. The number of halogens is 2. The fourth-order valence-electron chi connectivity index (χ4n) is 2.68. The Morgan fingerprint density at radius 3 is 2.73 bits per heavy atom. The van der Waals surface area contributed by atoms with Crippen molar-refractivity contribution in [3.05, 3.63) is 77.1 Å². The number of benzene rings is 2. The highest BCUT2D eigenvalue weighted by atomic mass is 35.5. The number of hydrogen-bond donors (Lipinski definition) is 1. The van der Waals surface area contributed by atoms with Gasteiger partial charge in [-0.15, -0.1) is 16.8 Å². The minimum Gasteiger partial charge on any atom is -0.483 e. The van der Waals surface area contributed by atoms with E-state index in [0.29, 0.717) is 33.3 Å². The van der Waals surface area contributed by atoms with Gasteiger partial charge in [0.2, 0.25) is 5.91 Å². The first-order valence-corrected chi connectivity index (χ1v) is 10.9. The van der Waals surface area contributed by atoms with Gasteiger partial charge in [0.25, 0.3) is 0 Å². The van der Waals surface area contributed by atoms with Crippen molar-refractivity contribution in [2.75, 3.05) is 11.1 Å². The molecular weight excluding hydrogens is 443 g/mol. The highest BCUT2D eigenvalue weighted by Gasteiger charge is 2.20. The van der Waals surface area contributed by atoms with E-state index in [1.807, 2.05) is 41.8 Å². The smallest absolute Gasteiger partial charge is 0.234 e. The fraction of sp³-hybridized carbons (Fsp3) is 0.190. The van der Waals surface area contributed by atoms with Gasteiger partial charge in [0.05, 0.1) is 21.5 Å². The predicted molar refractivity (Wildman–Crippen MR) is 122 cm³/mol. The molecule has 1 atom stereocenters. The Balaban J connectivity index is 1.67. The normalized spacial score (nSPS) is 11.7. The third-order valence-electron chi connectivity index (χ3n) is 4.03. The zero-order valence-electron chi connectivity index (χ0n) is 16.2. The molecule has 0 unspecified atom stereocenters. The second-order valence-corrected chi connectivity index (χ2v) is 7.98. The van der Waals surface area contributed by atoms with Crippen molar-refractivity contribution >= 4 is 46.6 Å². The van der Waals surface area contributed by atoms with Gasteiger partial charge in [-0.25, -0.2) is 0 Å². The lowest BCUT2D eigenvalue weighted by atomic mass is 10.3. The van der Waals surface area contributed by atoms with Gasteiger partial charge >= 0.3 is 0 Å². The quantitative estimate of drug-likeness (QED) is 0.329. The Labute approximate surface area is 189 Å². The lowest BCUT2D eigenvalue weighted by molar-refractivity contribution is -0.113. The topological polar surface area (TPSA) is 69.0 Å². The van der Waals surface area contributed by atoms with E-state index in [2.05, 4.69) is 22.1 Å². The van der Waals surface area contributed by atoms with Crippen LogP contribution in [0, 0.1) is 0 Å². The van der Waals surface area contributed by atoms with Crippen LogP contribution < -0.4 is 10.1 Å². The minimum atomic E-state index is -0.326. The van der Waals surface area contributed by atoms with E-state index < -0.39 is 0 Å². The summed E-state index contributed by atoms with van der Waals surface area (Å²) in [5.41, 5.74) is 0.466. The van der Waals surface area contributed by atoms with Crippen LogP contribution in [0.3, 0.4) is 0 Å². The molecule has 0 fully saturated rings. The zero-order valence-corrected chi connectivity index (χ0v) is 18.5. The Kier molecular flexibility index (Phi) is 7.79. The molecule has 156 valence electrons. The van der Waals surface area contributed by atoms with Gasteiger partial charge in [0.15, 0.2) is 17.1 Å². The van der Waals surface area contributed by atoms with E-state index in [1.165, 1.54) is 11.8 Å². The molecule has 0 radical (unpaired) electrons. The van der Waals surface area contributed by atoms with Gasteiger partial charge in [-0.05, 0) is 31.2 Å². The average molecular weight is 463 g/mol. The summed E-state index contributed by atoms with van der Waals surface area (Å²) in [6, 6.07) is 14.6. The number of amides is 1. The summed E-state index contributed by atoms with van der Waals surface area (Å²) in [6.45, 7) is 6.19. The van der Waals surface area contributed by atoms with Gasteiger partial charge in [-0.3, -0.25) is 9.36 Å². The number of aromatic nitrogens is 3. The molecule has 30 heavy (non-hydrogen) atoms. The summed E-state index contributed by atoms with van der Waals surface area (Å²) in [7, 11) is 0. The molecule has 1 amide bonds. The molecule has 9 heteroatoms. The lowest BCUT2D eigenvalue weighted by Gasteiger charge is -2.15. The molecule has 1 N–H and O–H groups in total. The highest BCUT2D eigenvalue weighted by Crippen LogP contribution is 2.30. The summed E-state index contributed by atoms with van der Waals surface area (Å²) in [5.74, 6) is 1.30. The van der Waals surface area contributed by atoms with Gasteiger partial charge < -0.3 is 10.1 Å². The average Bonchev–Trinajstić information content (AvgIpc) is 3.14. The molecule has 1 aromatic heterocycles. The molecule has 0 spiro atoms. The van der Waals surface area contributed by atoms with Crippen LogP contribution in [-0.4, -0.2) is 26.4 Å². The first-order chi connectivity index (χ1) is 14.5. The fourth-order valence-corrected chi connectivity index (χ4v) is 3.78. The molecule has 3 rings (SSSR count). The second-order valence-electron chi connectivity index (χ2n) is 6.25. The van der Waals surface area contributed by atoms with Crippen LogP contribution in [0.5, 0.6) is 5.75 Å². The van der Waals surface area contributed by atoms with Crippen molar-refractivity contribution in [1.82, 2.24) is 14.8 Å². The van der Waals surface area contributed by atoms with E-state index in [1.54, 1.807) is 24.3 Å². The predicted octanol–water partition coefficient (Wildman–Crippen LogP) is 5.64. The molecule has 0 saturated carbocycles. The number of hydrogen-bond acceptors (Lipinski definition) is 5. The van der Waals surface area contributed by atoms with Crippen molar-refractivity contribution in [3.8, 4) is 5.75 Å². The van der Waals surface area contributed by atoms with Crippen LogP contribution >= 0.6 is 35.0 Å². The number of rotatable bonds is 9. The van der Waals surface area contributed by atoms with Crippen molar-refractivity contribution in [2.24, 2.45) is 0 Å². The molecule has 0 aliphatic rings. The van der Waals surface area contributed by atoms with Crippen LogP contribution in [0.4, 0.5) is 5.69 Å². The van der Waals surface area contributed by atoms with Crippen LogP contribution in [0.1, 0.15) is 18.9 Å². The molecule has 3 aromatic rings. The standard InChI is InChI=1S/C21H20Cl2N4O2S/c1-3-12-27-20(14(2)29-15-8-5-4-6-9-15)25-26-21(27)30-13-18(28)24-17-11-7-10-16(22)19(17)23/h3-11,14H,1,12-13H2,2H3,(H,24,28)/t14-/m1/s1. The van der Waals surface area contributed by atoms with Crippen molar-refractivity contribution in [3.63, 3.8) is 0 Å². The molecule has 2 aromatic carbocycles. The lowest BCUT2D eigenvalue weighted by Crippen LogP contribution is -2.16. The maximum Gasteiger partial charge on any atom is 0.234 e. The van der Waals surface area contributed by atoms with Crippen LogP contribution in [-0.2, 0) is 11.3 Å². The Morgan fingerprint density at radius 2 is 2.00 bits per heavy atom. The minimum absolute atomic E-state index is 0.131. The Bertz CT molecular complexity index is 1030. The van der Waals surface area contributed by atoms with Crippen LogP contribution in [0.15, 0.2) is 66.3 Å². The van der Waals surface area contributed by atoms with Gasteiger partial charge in [-0.1, -0.05) is 65.3 Å². The highest BCUT2D eigenvalue weighted by molar-refractivity contribution is 7.99. The molecular formula is C21H20Cl2N4O2S. The molecule has 1 heterocycles. The Morgan fingerprint density at radius 1 is 1.23 bits per heavy atom. The zero-order chi connectivity index (χ0) is 21.5. The van der Waals surface area contributed by atoms with Crippen molar-refractivity contribution in [1.29, 1.82) is 0 Å². The second kappa shape index (κ2) is 10.5. The summed E-state index contributed by atoms with van der Waals surface area (Å²) in [4.78, 5) is 12.4. The van der Waals surface area contributed by atoms with Gasteiger partial charge in [0, 0.05) is 6.54 Å². The van der Waals surface area contributed by atoms with Crippen molar-refractivity contribution < 1.29 is 9.53 Å². The number of allylic oxidation sites excluding steroid dienone is 1. The summed E-state index contributed by atoms with van der Waals surface area (Å²) < 4.78 is 7.84. The van der Waals surface area contributed by atoms with Gasteiger partial charge in [0.1, 0.15) is 5.75 Å². The largest absolute Gasteiger partial charge is 0.483 e. The first kappa shape index (κ1) is 22.2. The number of carbonyl (C=O) groups is 1. The third-order valence-corrected chi connectivity index (χ3v) is 5.82. The number of nitrogens with zero attached hydrogens (tertiary/aromatic N) is 3. The van der Waals surface area contributed by atoms with Crippen LogP contribution in [0.2, 0.25) is 10.0 Å². The molecule has 6 nitrogen and oxygen atoms in total. The number of ether oxygens (including phenoxy) is 1. The summed E-state index contributed by atoms with van der Waals surface area (Å²) in [5, 5.41) is 12.5. The van der Waals surface area contributed by atoms with E-state index in [9.17, 15) is 4.79 Å². The maximum atomic E-state index is 12.4. The molecule has 0 bridgehead atoms. The third kappa shape index (κ3) is 5.56. The number of nitrogens with one attached hydrogen (secondary N) is 1. The number of anilines is 1. The van der Waals surface area contributed by atoms with Crippen LogP contribution in [0.25, 0.3) is 0 Å². The number of carbonyl (C=O) groups excluding carboxylic acids is 1. The Hall–Kier alpha value is -2.48. The monoisotopic (exact) mass is 462 g/mol. The molecule has 0 aliphatic heterocycles. The summed E-state index contributed by atoms with van der Waals surface area (Å²) in [6.07, 6.45) is 1.42. The van der Waals surface area contributed by atoms with E-state index in [-0.39, 0.29) is 17.8 Å².